The summed E-state index contributed by atoms with van der Waals surface area (Å²) in [5.74, 6) is 0.598. The summed E-state index contributed by atoms with van der Waals surface area (Å²) in [5, 5.41) is 4.02. The van der Waals surface area contributed by atoms with Crippen molar-refractivity contribution in [1.29, 1.82) is 0 Å². The van der Waals surface area contributed by atoms with Crippen LogP contribution in [-0.2, 0) is 21.4 Å². The van der Waals surface area contributed by atoms with E-state index in [1.807, 2.05) is 48.5 Å². The van der Waals surface area contributed by atoms with Gasteiger partial charge in [-0.1, -0.05) is 42.5 Å². The first-order valence-electron chi connectivity index (χ1n) is 10.5. The van der Waals surface area contributed by atoms with E-state index in [1.165, 1.54) is 20.2 Å². The van der Waals surface area contributed by atoms with Gasteiger partial charge in [-0.25, -0.2) is 13.8 Å². The molecule has 0 aromatic heterocycles. The summed E-state index contributed by atoms with van der Waals surface area (Å²) in [5.41, 5.74) is 4.46. The van der Waals surface area contributed by atoms with Gasteiger partial charge in [0, 0.05) is 5.56 Å². The van der Waals surface area contributed by atoms with Crippen molar-refractivity contribution in [3.8, 4) is 11.5 Å². The Hall–Kier alpha value is -3.85. The first-order valence-corrected chi connectivity index (χ1v) is 12.4. The maximum atomic E-state index is 12.7. The molecule has 1 atom stereocenters. The molecule has 1 unspecified atom stereocenters. The first kappa shape index (κ1) is 24.8. The third-order valence-corrected chi connectivity index (χ3v) is 6.19. The van der Waals surface area contributed by atoms with Crippen LogP contribution in [0.25, 0.3) is 0 Å². The van der Waals surface area contributed by atoms with Gasteiger partial charge in [0.05, 0.1) is 25.3 Å². The third-order valence-electron chi connectivity index (χ3n) is 4.95. The highest BCUT2D eigenvalue weighted by atomic mass is 32.2. The number of carbonyl (C=O) groups excluding carboxylic acids is 1. The average molecular weight is 482 g/mol. The van der Waals surface area contributed by atoms with Crippen LogP contribution < -0.4 is 19.2 Å². The van der Waals surface area contributed by atoms with Crippen molar-refractivity contribution in [3.63, 3.8) is 0 Å². The van der Waals surface area contributed by atoms with Crippen LogP contribution in [0.15, 0.2) is 84.0 Å². The van der Waals surface area contributed by atoms with Crippen molar-refractivity contribution in [3.05, 3.63) is 90.0 Å². The standard InChI is InChI=1S/C25H27N3O5S/c1-19(28(34(3,30)31)22-13-15-23(32-2)16-14-22)25(29)27-26-17-21-11-7-8-12-24(21)33-18-20-9-5-4-6-10-20/h4-17,19H,18H2,1-3H3,(H,27,29)/b26-17+. The average Bonchev–Trinajstić information content (AvgIpc) is 2.83. The maximum Gasteiger partial charge on any atom is 0.263 e. The lowest BCUT2D eigenvalue weighted by Crippen LogP contribution is -2.46. The number of amides is 1. The molecule has 34 heavy (non-hydrogen) atoms. The van der Waals surface area contributed by atoms with Crippen molar-refractivity contribution in [2.24, 2.45) is 5.10 Å². The van der Waals surface area contributed by atoms with E-state index < -0.39 is 22.0 Å². The molecule has 0 bridgehead atoms. The molecule has 0 heterocycles. The number of benzene rings is 3. The topological polar surface area (TPSA) is 97.3 Å². The van der Waals surface area contributed by atoms with Crippen molar-refractivity contribution in [1.82, 2.24) is 5.43 Å². The molecule has 178 valence electrons. The van der Waals surface area contributed by atoms with E-state index in [1.54, 1.807) is 30.3 Å². The summed E-state index contributed by atoms with van der Waals surface area (Å²) < 4.78 is 36.9. The minimum atomic E-state index is -3.74. The Kier molecular flexibility index (Phi) is 8.26. The molecule has 0 aliphatic rings. The van der Waals surface area contributed by atoms with Crippen LogP contribution in [0.1, 0.15) is 18.1 Å². The van der Waals surface area contributed by atoms with Crippen molar-refractivity contribution >= 4 is 27.8 Å². The fourth-order valence-electron chi connectivity index (χ4n) is 3.25. The van der Waals surface area contributed by atoms with E-state index >= 15 is 0 Å². The zero-order valence-electron chi connectivity index (χ0n) is 19.2. The molecule has 1 N–H and O–H groups in total. The van der Waals surface area contributed by atoms with Gasteiger partial charge < -0.3 is 9.47 Å². The number of nitrogens with zero attached hydrogens (tertiary/aromatic N) is 2. The predicted molar refractivity (Wildman–Crippen MR) is 133 cm³/mol. The zero-order chi connectivity index (χ0) is 24.6. The van der Waals surface area contributed by atoms with Crippen molar-refractivity contribution in [2.75, 3.05) is 17.7 Å². The van der Waals surface area contributed by atoms with Crippen LogP contribution in [0.4, 0.5) is 5.69 Å². The number of ether oxygens (including phenoxy) is 2. The van der Waals surface area contributed by atoms with Crippen LogP contribution in [0, 0.1) is 0 Å². The normalized spacial score (nSPS) is 12.2. The number of methoxy groups -OCH3 is 1. The SMILES string of the molecule is COc1ccc(N(C(C)C(=O)N/N=C/c2ccccc2OCc2ccccc2)S(C)(=O)=O)cc1. The Balaban J connectivity index is 1.69. The molecular weight excluding hydrogens is 454 g/mol. The van der Waals surface area contributed by atoms with E-state index in [0.29, 0.717) is 29.4 Å². The smallest absolute Gasteiger partial charge is 0.263 e. The lowest BCUT2D eigenvalue weighted by atomic mass is 10.2. The quantitative estimate of drug-likeness (QED) is 0.353. The minimum absolute atomic E-state index is 0.342. The monoisotopic (exact) mass is 481 g/mol. The zero-order valence-corrected chi connectivity index (χ0v) is 20.0. The van der Waals surface area contributed by atoms with E-state index in [-0.39, 0.29) is 0 Å². The molecule has 9 heteroatoms. The molecule has 0 fully saturated rings. The first-order chi connectivity index (χ1) is 16.3. The minimum Gasteiger partial charge on any atom is -0.497 e. The largest absolute Gasteiger partial charge is 0.497 e. The van der Waals surface area contributed by atoms with Gasteiger partial charge in [0.1, 0.15) is 24.1 Å². The molecule has 0 radical (unpaired) electrons. The molecule has 0 saturated heterocycles. The Morgan fingerprint density at radius 3 is 2.32 bits per heavy atom. The summed E-state index contributed by atoms with van der Waals surface area (Å²) >= 11 is 0. The Bertz CT molecular complexity index is 1230. The second kappa shape index (κ2) is 11.3. The summed E-state index contributed by atoms with van der Waals surface area (Å²) in [7, 11) is -2.22. The molecule has 0 saturated carbocycles. The highest BCUT2D eigenvalue weighted by Crippen LogP contribution is 2.24. The predicted octanol–water partition coefficient (Wildman–Crippen LogP) is 3.58. The molecule has 3 aromatic carbocycles. The van der Waals surface area contributed by atoms with Gasteiger partial charge in [0.15, 0.2) is 0 Å². The van der Waals surface area contributed by atoms with Crippen LogP contribution in [-0.4, -0.2) is 39.9 Å². The van der Waals surface area contributed by atoms with Gasteiger partial charge in [0.25, 0.3) is 5.91 Å². The van der Waals surface area contributed by atoms with Crippen LogP contribution in [0.3, 0.4) is 0 Å². The Morgan fingerprint density at radius 1 is 1.03 bits per heavy atom. The van der Waals surface area contributed by atoms with Gasteiger partial charge in [-0.15, -0.1) is 0 Å². The molecule has 8 nitrogen and oxygen atoms in total. The van der Waals surface area contributed by atoms with Crippen molar-refractivity contribution in [2.45, 2.75) is 19.6 Å². The van der Waals surface area contributed by atoms with Crippen molar-refractivity contribution < 1.29 is 22.7 Å². The number of hydrogen-bond donors (Lipinski definition) is 1. The lowest BCUT2D eigenvalue weighted by Gasteiger charge is -2.27. The second-order valence-electron chi connectivity index (χ2n) is 7.48. The van der Waals surface area contributed by atoms with Gasteiger partial charge in [-0.05, 0) is 48.9 Å². The van der Waals surface area contributed by atoms with E-state index in [0.717, 1.165) is 16.1 Å². The summed E-state index contributed by atoms with van der Waals surface area (Å²) in [4.78, 5) is 12.7. The highest BCUT2D eigenvalue weighted by molar-refractivity contribution is 7.92. The molecule has 3 rings (SSSR count). The number of carbonyl (C=O) groups is 1. The number of hydrazone groups is 1. The van der Waals surface area contributed by atoms with Gasteiger partial charge in [-0.3, -0.25) is 9.10 Å². The van der Waals surface area contributed by atoms with Crippen LogP contribution >= 0.6 is 0 Å². The molecular formula is C25H27N3O5S. The van der Waals surface area contributed by atoms with E-state index in [4.69, 9.17) is 9.47 Å². The molecule has 3 aromatic rings. The van der Waals surface area contributed by atoms with Gasteiger partial charge >= 0.3 is 0 Å². The summed E-state index contributed by atoms with van der Waals surface area (Å²) in [6.07, 6.45) is 2.51. The molecule has 0 spiro atoms. The van der Waals surface area contributed by atoms with Crippen LogP contribution in [0.2, 0.25) is 0 Å². The fourth-order valence-corrected chi connectivity index (χ4v) is 4.43. The number of anilines is 1. The molecule has 1 amide bonds. The highest BCUT2D eigenvalue weighted by Gasteiger charge is 2.29. The summed E-state index contributed by atoms with van der Waals surface area (Å²) in [6.45, 7) is 1.88. The summed E-state index contributed by atoms with van der Waals surface area (Å²) in [6, 6.07) is 22.4. The second-order valence-corrected chi connectivity index (χ2v) is 9.34. The number of sulfonamides is 1. The molecule has 0 aliphatic heterocycles. The fraction of sp³-hybridized carbons (Fsp3) is 0.200. The third kappa shape index (κ3) is 6.58. The lowest BCUT2D eigenvalue weighted by molar-refractivity contribution is -0.121. The van der Waals surface area contributed by atoms with E-state index in [9.17, 15) is 13.2 Å². The number of hydrogen-bond acceptors (Lipinski definition) is 6. The Morgan fingerprint density at radius 2 is 1.68 bits per heavy atom. The van der Waals surface area contributed by atoms with Crippen LogP contribution in [0.5, 0.6) is 11.5 Å². The number of para-hydroxylation sites is 1. The number of rotatable bonds is 10. The van der Waals surface area contributed by atoms with Gasteiger partial charge in [0.2, 0.25) is 10.0 Å². The molecule has 0 aliphatic carbocycles. The van der Waals surface area contributed by atoms with Gasteiger partial charge in [-0.2, -0.15) is 5.10 Å². The Labute approximate surface area is 199 Å². The van der Waals surface area contributed by atoms with E-state index in [2.05, 4.69) is 10.5 Å². The maximum absolute atomic E-state index is 12.7. The number of nitrogens with one attached hydrogen (secondary N) is 1.